The number of hydrogen-bond donors (Lipinski definition) is 0. The number of benzene rings is 3. The molecule has 2 heterocycles. The Morgan fingerprint density at radius 3 is 2.15 bits per heavy atom. The molecule has 0 aliphatic carbocycles. The molecule has 3 aromatic carbocycles. The molecule has 0 saturated carbocycles. The van der Waals surface area contributed by atoms with Gasteiger partial charge in [-0.25, -0.2) is 9.78 Å². The molecule has 13 heteroatoms. The molecule has 2 atom stereocenters. The van der Waals surface area contributed by atoms with Crippen LogP contribution in [0.5, 0.6) is 11.6 Å². The lowest BCUT2D eigenvalue weighted by molar-refractivity contribution is -0.189. The Bertz CT molecular complexity index is 1830. The van der Waals surface area contributed by atoms with Crippen LogP contribution in [0.3, 0.4) is 0 Å². The number of rotatable bonds is 16. The molecule has 5 rings (SSSR count). The number of aromatic nitrogens is 4. The number of ether oxygens (including phenoxy) is 5. The second kappa shape index (κ2) is 15.9. The smallest absolute Gasteiger partial charge is 0.425 e. The number of nitrogens with zero attached hydrogens (tertiary/aromatic N) is 4. The van der Waals surface area contributed by atoms with E-state index < -0.39 is 24.1 Å². The first-order valence-corrected chi connectivity index (χ1v) is 15.4. The van der Waals surface area contributed by atoms with Gasteiger partial charge in [0.15, 0.2) is 11.9 Å². The molecule has 5 aromatic rings. The normalized spacial score (nSPS) is 13.0. The number of halogens is 3. The minimum Gasteiger partial charge on any atom is -0.480 e. The van der Waals surface area contributed by atoms with Gasteiger partial charge in [-0.15, -0.1) is 5.10 Å². The van der Waals surface area contributed by atoms with Crippen LogP contribution in [0.1, 0.15) is 30.8 Å². The van der Waals surface area contributed by atoms with Crippen LogP contribution in [-0.4, -0.2) is 58.0 Å². The van der Waals surface area contributed by atoms with Crippen molar-refractivity contribution in [3.8, 4) is 17.3 Å². The lowest BCUT2D eigenvalue weighted by Crippen LogP contribution is -2.31. The molecule has 0 aliphatic heterocycles. The van der Waals surface area contributed by atoms with Crippen molar-refractivity contribution in [2.24, 2.45) is 0 Å². The third kappa shape index (κ3) is 8.59. The SMILES string of the molecule is CCn1c(COCc2ccccc2)nn(-c2cc(O[C@@H](C)C(F)(F)F)c3c(OC(COC)COCc4ccccc4)nccc3c2)c1=O. The van der Waals surface area contributed by atoms with Crippen LogP contribution in [0.2, 0.25) is 0 Å². The summed E-state index contributed by atoms with van der Waals surface area (Å²) in [5, 5.41) is 5.11. The molecule has 10 nitrogen and oxygen atoms in total. The topological polar surface area (TPSA) is 98.9 Å². The summed E-state index contributed by atoms with van der Waals surface area (Å²) < 4.78 is 72.6. The number of pyridine rings is 1. The Kier molecular flexibility index (Phi) is 11.5. The zero-order chi connectivity index (χ0) is 34.1. The Labute approximate surface area is 275 Å². The largest absolute Gasteiger partial charge is 0.480 e. The minimum absolute atomic E-state index is 0.0234. The molecule has 0 amide bonds. The molecule has 2 aromatic heterocycles. The van der Waals surface area contributed by atoms with Gasteiger partial charge in [0, 0.05) is 25.9 Å². The second-order valence-electron chi connectivity index (χ2n) is 11.0. The summed E-state index contributed by atoms with van der Waals surface area (Å²) in [5.74, 6) is 0.202. The van der Waals surface area contributed by atoms with Gasteiger partial charge in [0.25, 0.3) is 0 Å². The van der Waals surface area contributed by atoms with E-state index in [0.29, 0.717) is 31.0 Å². The van der Waals surface area contributed by atoms with Gasteiger partial charge >= 0.3 is 11.9 Å². The van der Waals surface area contributed by atoms with E-state index in [1.807, 2.05) is 60.7 Å². The first-order chi connectivity index (χ1) is 23.2. The van der Waals surface area contributed by atoms with Crippen molar-refractivity contribution < 1.29 is 36.9 Å². The summed E-state index contributed by atoms with van der Waals surface area (Å²) in [4.78, 5) is 17.8. The molecule has 0 spiro atoms. The van der Waals surface area contributed by atoms with Crippen LogP contribution in [0.4, 0.5) is 13.2 Å². The van der Waals surface area contributed by atoms with E-state index in [1.54, 1.807) is 19.1 Å². The summed E-state index contributed by atoms with van der Waals surface area (Å²) in [5.41, 5.74) is 1.64. The molecule has 0 fully saturated rings. The van der Waals surface area contributed by atoms with Crippen molar-refractivity contribution >= 4 is 10.8 Å². The molecular weight excluding hydrogens is 629 g/mol. The van der Waals surface area contributed by atoms with Crippen molar-refractivity contribution in [3.63, 3.8) is 0 Å². The third-order valence-electron chi connectivity index (χ3n) is 7.43. The van der Waals surface area contributed by atoms with Crippen molar-refractivity contribution in [2.75, 3.05) is 20.3 Å². The number of alkyl halides is 3. The zero-order valence-electron chi connectivity index (χ0n) is 26.9. The van der Waals surface area contributed by atoms with Crippen LogP contribution in [0.15, 0.2) is 89.9 Å². The van der Waals surface area contributed by atoms with E-state index in [2.05, 4.69) is 10.1 Å². The first-order valence-electron chi connectivity index (χ1n) is 15.4. The molecule has 0 aliphatic rings. The molecule has 0 bridgehead atoms. The molecule has 0 N–H and O–H groups in total. The van der Waals surface area contributed by atoms with E-state index in [9.17, 15) is 18.0 Å². The molecule has 1 unspecified atom stereocenters. The van der Waals surface area contributed by atoms with Crippen molar-refractivity contribution in [1.29, 1.82) is 0 Å². The Hall–Kier alpha value is -4.72. The predicted molar refractivity (Wildman–Crippen MR) is 172 cm³/mol. The summed E-state index contributed by atoms with van der Waals surface area (Å²) >= 11 is 0. The van der Waals surface area contributed by atoms with E-state index >= 15 is 0 Å². The van der Waals surface area contributed by atoms with Gasteiger partial charge in [0.1, 0.15) is 18.5 Å². The van der Waals surface area contributed by atoms with Crippen LogP contribution in [-0.2, 0) is 40.6 Å². The minimum atomic E-state index is -4.67. The van der Waals surface area contributed by atoms with Crippen molar-refractivity contribution in [1.82, 2.24) is 19.3 Å². The van der Waals surface area contributed by atoms with Gasteiger partial charge in [-0.2, -0.15) is 17.9 Å². The fourth-order valence-corrected chi connectivity index (χ4v) is 5.00. The van der Waals surface area contributed by atoms with Crippen LogP contribution >= 0.6 is 0 Å². The quantitative estimate of drug-likeness (QED) is 0.122. The zero-order valence-corrected chi connectivity index (χ0v) is 26.9. The lowest BCUT2D eigenvalue weighted by Gasteiger charge is -2.22. The first kappa shape index (κ1) is 34.6. The highest BCUT2D eigenvalue weighted by Gasteiger charge is 2.38. The second-order valence-corrected chi connectivity index (χ2v) is 11.0. The monoisotopic (exact) mass is 666 g/mol. The Balaban J connectivity index is 1.48. The van der Waals surface area contributed by atoms with Gasteiger partial charge in [0.05, 0.1) is 37.5 Å². The van der Waals surface area contributed by atoms with E-state index in [4.69, 9.17) is 23.7 Å². The van der Waals surface area contributed by atoms with Gasteiger partial charge in [-0.05, 0) is 42.5 Å². The fraction of sp³-hybridized carbons (Fsp3) is 0.343. The summed E-state index contributed by atoms with van der Waals surface area (Å²) in [6.07, 6.45) is -6.03. The highest BCUT2D eigenvalue weighted by molar-refractivity contribution is 5.94. The Morgan fingerprint density at radius 1 is 0.854 bits per heavy atom. The highest BCUT2D eigenvalue weighted by Crippen LogP contribution is 2.37. The molecule has 48 heavy (non-hydrogen) atoms. The van der Waals surface area contributed by atoms with E-state index in [1.165, 1.54) is 23.9 Å². The molecule has 0 saturated heterocycles. The lowest BCUT2D eigenvalue weighted by atomic mass is 10.1. The van der Waals surface area contributed by atoms with Gasteiger partial charge < -0.3 is 23.7 Å². The number of hydrogen-bond acceptors (Lipinski definition) is 8. The van der Waals surface area contributed by atoms with Gasteiger partial charge in [-0.3, -0.25) is 4.57 Å². The summed E-state index contributed by atoms with van der Waals surface area (Å²) in [6, 6.07) is 23.7. The third-order valence-corrected chi connectivity index (χ3v) is 7.43. The maximum absolute atomic E-state index is 13.8. The summed E-state index contributed by atoms with van der Waals surface area (Å²) in [6.45, 7) is 3.93. The van der Waals surface area contributed by atoms with Crippen molar-refractivity contribution in [2.45, 2.75) is 58.6 Å². The van der Waals surface area contributed by atoms with Gasteiger partial charge in [-0.1, -0.05) is 60.7 Å². The number of fused-ring (bicyclic) bond motifs is 1. The van der Waals surface area contributed by atoms with Crippen LogP contribution < -0.4 is 15.2 Å². The number of methoxy groups -OCH3 is 1. The van der Waals surface area contributed by atoms with Crippen molar-refractivity contribution in [3.05, 3.63) is 112 Å². The fourth-order valence-electron chi connectivity index (χ4n) is 5.00. The Morgan fingerprint density at radius 2 is 1.52 bits per heavy atom. The maximum Gasteiger partial charge on any atom is 0.425 e. The predicted octanol–water partition coefficient (Wildman–Crippen LogP) is 6.26. The molecule has 0 radical (unpaired) electrons. The van der Waals surface area contributed by atoms with Gasteiger partial charge in [0.2, 0.25) is 5.88 Å². The van der Waals surface area contributed by atoms with E-state index in [0.717, 1.165) is 22.7 Å². The molecule has 254 valence electrons. The summed E-state index contributed by atoms with van der Waals surface area (Å²) in [7, 11) is 1.50. The molecular formula is C35H37F3N4O6. The highest BCUT2D eigenvalue weighted by atomic mass is 19.4. The van der Waals surface area contributed by atoms with Crippen LogP contribution in [0.25, 0.3) is 16.5 Å². The van der Waals surface area contributed by atoms with Crippen LogP contribution in [0, 0.1) is 0 Å². The van der Waals surface area contributed by atoms with E-state index in [-0.39, 0.29) is 42.5 Å². The average Bonchev–Trinajstić information content (AvgIpc) is 3.39. The average molecular weight is 667 g/mol. The standard InChI is InChI=1S/C35H37F3N4O6/c1-4-41-31(23-46-20-26-13-9-6-10-14-26)40-42(34(41)43)28-17-27-15-16-39-33(32(27)30(18-28)47-24(2)35(36,37)38)48-29(21-44-3)22-45-19-25-11-7-5-8-12-25/h5-18,24,29H,4,19-23H2,1-3H3/t24-,29?/m0/s1. The maximum atomic E-state index is 13.8.